The summed E-state index contributed by atoms with van der Waals surface area (Å²) in [5, 5.41) is 5.22. The van der Waals surface area contributed by atoms with Crippen molar-refractivity contribution >= 4 is 59.3 Å². The Hall–Kier alpha value is -0.770. The van der Waals surface area contributed by atoms with Crippen molar-refractivity contribution in [2.24, 2.45) is 5.10 Å². The lowest BCUT2D eigenvalue weighted by molar-refractivity contribution is -0.116. The van der Waals surface area contributed by atoms with Crippen molar-refractivity contribution in [3.63, 3.8) is 0 Å². The highest BCUT2D eigenvalue weighted by Crippen LogP contribution is 2.37. The summed E-state index contributed by atoms with van der Waals surface area (Å²) in [7, 11) is -4.25. The number of carbonyl (C=O) groups is 1. The molecule has 0 atom stereocenters. The molecule has 0 saturated carbocycles. The highest BCUT2D eigenvalue weighted by molar-refractivity contribution is 9.26. The van der Waals surface area contributed by atoms with E-state index in [2.05, 4.69) is 37.0 Å². The van der Waals surface area contributed by atoms with Gasteiger partial charge in [-0.05, 0) is 31.2 Å². The molecule has 0 aliphatic carbocycles. The Kier molecular flexibility index (Phi) is 3.58. The molecule has 102 valence electrons. The third kappa shape index (κ3) is 2.60. The van der Waals surface area contributed by atoms with E-state index >= 15 is 0 Å². The molecule has 1 N–H and O–H groups in total. The number of rotatable bonds is 2. The molecule has 0 radical (unpaired) electrons. The first-order valence-electron chi connectivity index (χ1n) is 4.99. The smallest absolute Gasteiger partial charge is 0.282 e. The largest absolute Gasteiger partial charge is 0.294 e. The van der Waals surface area contributed by atoms with Gasteiger partial charge in [0.25, 0.3) is 16.0 Å². The predicted molar refractivity (Wildman–Crippen MR) is 77.4 cm³/mol. The number of anilines is 1. The predicted octanol–water partition coefficient (Wildman–Crippen LogP) is 2.14. The number of carbonyl (C=O) groups excluding carboxylic acids is 1. The van der Waals surface area contributed by atoms with Gasteiger partial charge in [0.1, 0.15) is 0 Å². The van der Waals surface area contributed by atoms with Crippen LogP contribution in [0, 0.1) is 0 Å². The molecule has 1 aromatic carbocycles. The van der Waals surface area contributed by atoms with Crippen molar-refractivity contribution in [3.8, 4) is 0 Å². The number of hydrazone groups is 1. The Labute approximate surface area is 126 Å². The summed E-state index contributed by atoms with van der Waals surface area (Å²) in [4.78, 5) is 11.8. The van der Waals surface area contributed by atoms with E-state index in [-0.39, 0.29) is 10.8 Å². The quantitative estimate of drug-likeness (QED) is 0.596. The summed E-state index contributed by atoms with van der Waals surface area (Å²) >= 11 is 6.43. The van der Waals surface area contributed by atoms with E-state index in [1.165, 1.54) is 24.3 Å². The van der Waals surface area contributed by atoms with Crippen LogP contribution < -0.4 is 5.01 Å². The van der Waals surface area contributed by atoms with Crippen LogP contribution in [-0.4, -0.2) is 27.8 Å². The van der Waals surface area contributed by atoms with Gasteiger partial charge in [-0.3, -0.25) is 9.35 Å². The van der Waals surface area contributed by atoms with E-state index in [1.807, 2.05) is 0 Å². The Morgan fingerprint density at radius 2 is 1.79 bits per heavy atom. The summed E-state index contributed by atoms with van der Waals surface area (Å²) in [6, 6.07) is 5.18. The molecular weight excluding hydrogens is 404 g/mol. The van der Waals surface area contributed by atoms with Gasteiger partial charge in [-0.2, -0.15) is 18.5 Å². The van der Waals surface area contributed by atoms with Crippen LogP contribution in [0.2, 0.25) is 0 Å². The number of nitrogens with zero attached hydrogens (tertiary/aromatic N) is 2. The van der Waals surface area contributed by atoms with Crippen LogP contribution in [0.3, 0.4) is 0 Å². The van der Waals surface area contributed by atoms with Crippen molar-refractivity contribution in [2.45, 2.75) is 15.1 Å². The van der Waals surface area contributed by atoms with Crippen molar-refractivity contribution < 1.29 is 17.8 Å². The minimum absolute atomic E-state index is 0.243. The number of amides is 1. The summed E-state index contributed by atoms with van der Waals surface area (Å²) in [5.74, 6) is -0.343. The average Bonchev–Trinajstić information content (AvgIpc) is 2.52. The Bertz CT molecular complexity index is 667. The molecule has 19 heavy (non-hydrogen) atoms. The lowest BCUT2D eigenvalue weighted by atomic mass is 10.3. The third-order valence-electron chi connectivity index (χ3n) is 2.54. The fourth-order valence-electron chi connectivity index (χ4n) is 1.48. The molecular formula is C10H8Br2N2O4S. The van der Waals surface area contributed by atoms with Crippen LogP contribution in [0.25, 0.3) is 0 Å². The number of halogens is 2. The van der Waals surface area contributed by atoms with Crippen LogP contribution in [0.5, 0.6) is 0 Å². The van der Waals surface area contributed by atoms with Crippen LogP contribution in [-0.2, 0) is 14.9 Å². The van der Waals surface area contributed by atoms with Crippen LogP contribution in [0.15, 0.2) is 34.3 Å². The second-order valence-electron chi connectivity index (χ2n) is 3.85. The van der Waals surface area contributed by atoms with Gasteiger partial charge in [0, 0.05) is 0 Å². The van der Waals surface area contributed by atoms with Gasteiger partial charge in [-0.1, -0.05) is 31.9 Å². The molecule has 0 aromatic heterocycles. The minimum Gasteiger partial charge on any atom is -0.282 e. The molecule has 1 aliphatic heterocycles. The lowest BCUT2D eigenvalue weighted by Gasteiger charge is -2.15. The van der Waals surface area contributed by atoms with Crippen molar-refractivity contribution in [1.82, 2.24) is 0 Å². The van der Waals surface area contributed by atoms with Crippen LogP contribution in [0.4, 0.5) is 5.69 Å². The normalized spacial score (nSPS) is 18.6. The molecule has 2 rings (SSSR count). The summed E-state index contributed by atoms with van der Waals surface area (Å²) in [6.07, 6.45) is 0. The van der Waals surface area contributed by atoms with Gasteiger partial charge in [0.2, 0.25) is 0 Å². The summed E-state index contributed by atoms with van der Waals surface area (Å²) in [6.45, 7) is 1.67. The zero-order chi connectivity index (χ0) is 14.4. The van der Waals surface area contributed by atoms with E-state index < -0.39 is 13.4 Å². The third-order valence-corrected chi connectivity index (χ3v) is 5.24. The zero-order valence-electron chi connectivity index (χ0n) is 9.54. The van der Waals surface area contributed by atoms with Gasteiger partial charge >= 0.3 is 0 Å². The van der Waals surface area contributed by atoms with Gasteiger partial charge in [-0.15, -0.1) is 0 Å². The first-order valence-corrected chi connectivity index (χ1v) is 8.02. The SMILES string of the molecule is CC1=NN(c2ccc(S(=O)(=O)O)cc2)C(=O)C1(Br)Br. The molecule has 1 amide bonds. The van der Waals surface area contributed by atoms with Crippen molar-refractivity contribution in [1.29, 1.82) is 0 Å². The van der Waals surface area contributed by atoms with E-state index in [1.54, 1.807) is 6.92 Å². The van der Waals surface area contributed by atoms with Gasteiger partial charge < -0.3 is 0 Å². The van der Waals surface area contributed by atoms with Gasteiger partial charge in [-0.25, -0.2) is 0 Å². The maximum absolute atomic E-state index is 12.1. The van der Waals surface area contributed by atoms with Crippen molar-refractivity contribution in [2.75, 3.05) is 5.01 Å². The molecule has 6 nitrogen and oxygen atoms in total. The average molecular weight is 412 g/mol. The Morgan fingerprint density at radius 3 is 2.16 bits per heavy atom. The number of hydrogen-bond donors (Lipinski definition) is 1. The molecule has 1 heterocycles. The minimum atomic E-state index is -4.25. The van der Waals surface area contributed by atoms with Gasteiger partial charge in [0.05, 0.1) is 16.3 Å². The zero-order valence-corrected chi connectivity index (χ0v) is 13.5. The maximum Gasteiger partial charge on any atom is 0.294 e. The Balaban J connectivity index is 2.38. The highest BCUT2D eigenvalue weighted by Gasteiger charge is 2.45. The van der Waals surface area contributed by atoms with Crippen LogP contribution in [0.1, 0.15) is 6.92 Å². The standard InChI is InChI=1S/C10H8Br2N2O4S/c1-6-10(11,12)9(15)14(13-6)7-2-4-8(5-3-7)19(16,17)18/h2-5H,1H3,(H,16,17,18). The Morgan fingerprint density at radius 1 is 1.26 bits per heavy atom. The molecule has 0 spiro atoms. The van der Waals surface area contributed by atoms with E-state index in [0.29, 0.717) is 11.4 Å². The molecule has 0 unspecified atom stereocenters. The first kappa shape index (κ1) is 14.6. The maximum atomic E-state index is 12.1. The van der Waals surface area contributed by atoms with E-state index in [0.717, 1.165) is 5.01 Å². The molecule has 0 bridgehead atoms. The van der Waals surface area contributed by atoms with Crippen LogP contribution >= 0.6 is 31.9 Å². The summed E-state index contributed by atoms with van der Waals surface area (Å²) < 4.78 is 29.7. The highest BCUT2D eigenvalue weighted by atomic mass is 79.9. The summed E-state index contributed by atoms with van der Waals surface area (Å²) in [5.41, 5.74) is 0.925. The molecule has 1 aliphatic rings. The lowest BCUT2D eigenvalue weighted by Crippen LogP contribution is -2.34. The van der Waals surface area contributed by atoms with E-state index in [9.17, 15) is 13.2 Å². The van der Waals surface area contributed by atoms with E-state index in [4.69, 9.17) is 4.55 Å². The second-order valence-corrected chi connectivity index (χ2v) is 8.71. The first-order chi connectivity index (χ1) is 8.64. The van der Waals surface area contributed by atoms with Crippen molar-refractivity contribution in [3.05, 3.63) is 24.3 Å². The number of alkyl halides is 2. The monoisotopic (exact) mass is 410 g/mol. The topological polar surface area (TPSA) is 87.0 Å². The van der Waals surface area contributed by atoms with Gasteiger partial charge in [0.15, 0.2) is 3.23 Å². The second kappa shape index (κ2) is 4.65. The molecule has 0 saturated heterocycles. The number of benzene rings is 1. The fourth-order valence-corrected chi connectivity index (χ4v) is 2.45. The molecule has 0 fully saturated rings. The number of hydrogen-bond acceptors (Lipinski definition) is 4. The fraction of sp³-hybridized carbons (Fsp3) is 0.200. The molecule has 9 heteroatoms. The molecule has 1 aromatic rings.